The number of piperazine rings is 1. The summed E-state index contributed by atoms with van der Waals surface area (Å²) < 4.78 is 0. The number of aliphatic hydroxyl groups excluding tert-OH is 1. The van der Waals surface area contributed by atoms with Gasteiger partial charge in [-0.05, 0) is 55.1 Å². The van der Waals surface area contributed by atoms with Gasteiger partial charge in [-0.2, -0.15) is 0 Å². The molecule has 186 valence electrons. The third-order valence-corrected chi connectivity index (χ3v) is 7.67. The molecule has 0 aromatic heterocycles. The zero-order valence-electron chi connectivity index (χ0n) is 21.3. The van der Waals surface area contributed by atoms with Crippen LogP contribution in [0.5, 0.6) is 0 Å². The van der Waals surface area contributed by atoms with Crippen molar-refractivity contribution in [2.24, 2.45) is 22.9 Å². The van der Waals surface area contributed by atoms with E-state index in [1.807, 2.05) is 6.21 Å². The van der Waals surface area contributed by atoms with E-state index in [0.29, 0.717) is 12.5 Å². The van der Waals surface area contributed by atoms with E-state index in [2.05, 4.69) is 60.0 Å². The molecule has 2 aliphatic rings. The van der Waals surface area contributed by atoms with E-state index in [1.165, 1.54) is 56.2 Å². The molecule has 1 saturated carbocycles. The highest BCUT2D eigenvalue weighted by atomic mass is 16.6. The van der Waals surface area contributed by atoms with Gasteiger partial charge in [0.25, 0.3) is 0 Å². The zero-order chi connectivity index (χ0) is 23.5. The summed E-state index contributed by atoms with van der Waals surface area (Å²) in [6.07, 6.45) is 11.7. The Balaban J connectivity index is 1.35. The largest absolute Gasteiger partial charge is 0.393 e. The fourth-order valence-electron chi connectivity index (χ4n) is 5.87. The third kappa shape index (κ3) is 7.99. The molecule has 1 heterocycles. The van der Waals surface area contributed by atoms with Crippen LogP contribution >= 0.6 is 0 Å². The highest BCUT2D eigenvalue weighted by Gasteiger charge is 2.28. The molecule has 1 aromatic rings. The van der Waals surface area contributed by atoms with E-state index in [9.17, 15) is 5.11 Å². The number of aliphatic hydroxyl groups is 1. The highest BCUT2D eigenvalue weighted by molar-refractivity contribution is 5.60. The van der Waals surface area contributed by atoms with E-state index >= 15 is 0 Å². The third-order valence-electron chi connectivity index (χ3n) is 7.67. The van der Waals surface area contributed by atoms with Crippen molar-refractivity contribution in [2.75, 3.05) is 44.2 Å². The molecule has 0 amide bonds. The van der Waals surface area contributed by atoms with Crippen LogP contribution in [0.25, 0.3) is 0 Å². The molecule has 0 radical (unpaired) electrons. The summed E-state index contributed by atoms with van der Waals surface area (Å²) in [6.45, 7) is 11.7. The maximum Gasteiger partial charge on any atom is 0.144 e. The Hall–Kier alpha value is -1.59. The average molecular weight is 458 g/mol. The lowest BCUT2D eigenvalue weighted by molar-refractivity contribution is 0.0179. The van der Waals surface area contributed by atoms with Crippen molar-refractivity contribution in [3.8, 4) is 0 Å². The molecule has 2 fully saturated rings. The average Bonchev–Trinajstić information content (AvgIpc) is 2.84. The summed E-state index contributed by atoms with van der Waals surface area (Å²) in [6, 6.07) is 8.71. The molecule has 1 aliphatic heterocycles. The monoisotopic (exact) mass is 457 g/mol. The zero-order valence-corrected chi connectivity index (χ0v) is 21.3. The Bertz CT molecular complexity index is 702. The van der Waals surface area contributed by atoms with Crippen LogP contribution in [0, 0.1) is 17.8 Å². The van der Waals surface area contributed by atoms with Crippen LogP contribution in [-0.2, 0) is 11.3 Å². The van der Waals surface area contributed by atoms with Gasteiger partial charge in [-0.1, -0.05) is 69.8 Å². The predicted molar refractivity (Wildman–Crippen MR) is 139 cm³/mol. The summed E-state index contributed by atoms with van der Waals surface area (Å²) in [4.78, 5) is 10.3. The van der Waals surface area contributed by atoms with Gasteiger partial charge in [-0.3, -0.25) is 4.90 Å². The molecule has 4 atom stereocenters. The summed E-state index contributed by atoms with van der Waals surface area (Å²) in [5, 5.41) is 14.7. The Morgan fingerprint density at radius 1 is 1.03 bits per heavy atom. The quantitative estimate of drug-likeness (QED) is 0.339. The van der Waals surface area contributed by atoms with Gasteiger partial charge in [0.1, 0.15) is 12.7 Å². The Morgan fingerprint density at radius 2 is 1.76 bits per heavy atom. The second-order valence-electron chi connectivity index (χ2n) is 10.1. The molecule has 5 nitrogen and oxygen atoms in total. The lowest BCUT2D eigenvalue weighted by Gasteiger charge is -2.37. The van der Waals surface area contributed by atoms with Crippen molar-refractivity contribution in [1.29, 1.82) is 0 Å². The van der Waals surface area contributed by atoms with Crippen LogP contribution in [-0.4, -0.2) is 61.7 Å². The molecule has 33 heavy (non-hydrogen) atoms. The topological polar surface area (TPSA) is 48.3 Å². The lowest BCUT2D eigenvalue weighted by atomic mass is 9.71. The predicted octanol–water partition coefficient (Wildman–Crippen LogP) is 5.37. The van der Waals surface area contributed by atoms with Crippen LogP contribution in [0.4, 0.5) is 5.69 Å². The SMILES string of the molecule is CCCC1CCC(/C=N\OCC(O)CN2CCN(c3ccccc3CC)CC2)CC1CCC. The maximum absolute atomic E-state index is 10.5. The summed E-state index contributed by atoms with van der Waals surface area (Å²) in [5.74, 6) is 2.28. The van der Waals surface area contributed by atoms with Gasteiger partial charge in [0, 0.05) is 44.6 Å². The van der Waals surface area contributed by atoms with E-state index in [4.69, 9.17) is 4.84 Å². The van der Waals surface area contributed by atoms with Crippen LogP contribution < -0.4 is 4.90 Å². The summed E-state index contributed by atoms with van der Waals surface area (Å²) in [7, 11) is 0. The van der Waals surface area contributed by atoms with Crippen molar-refractivity contribution in [3.63, 3.8) is 0 Å². The maximum atomic E-state index is 10.5. The molecular weight excluding hydrogens is 410 g/mol. The van der Waals surface area contributed by atoms with Crippen LogP contribution in [0.15, 0.2) is 29.4 Å². The summed E-state index contributed by atoms with van der Waals surface area (Å²) in [5.41, 5.74) is 2.78. The molecule has 1 N–H and O–H groups in total. The summed E-state index contributed by atoms with van der Waals surface area (Å²) >= 11 is 0. The Kier molecular flexibility index (Phi) is 11.0. The number of anilines is 1. The Labute approximate surface area is 202 Å². The van der Waals surface area contributed by atoms with E-state index in [0.717, 1.165) is 44.4 Å². The number of benzene rings is 1. The van der Waals surface area contributed by atoms with E-state index < -0.39 is 6.10 Å². The molecule has 1 saturated heterocycles. The normalized spacial score (nSPS) is 25.5. The van der Waals surface area contributed by atoms with Crippen LogP contribution in [0.3, 0.4) is 0 Å². The van der Waals surface area contributed by atoms with Gasteiger partial charge >= 0.3 is 0 Å². The minimum absolute atomic E-state index is 0.277. The number of hydrogen-bond acceptors (Lipinski definition) is 5. The Morgan fingerprint density at radius 3 is 2.48 bits per heavy atom. The van der Waals surface area contributed by atoms with Gasteiger partial charge < -0.3 is 14.8 Å². The number of aryl methyl sites for hydroxylation is 1. The molecule has 0 spiro atoms. The standard InChI is InChI=1S/C28H47N3O2/c1-4-9-25-14-13-23(19-26(25)10-5-2)20-29-33-22-27(32)21-30-15-17-31(18-16-30)28-12-8-7-11-24(28)6-3/h7-8,11-12,20,23,25-27,32H,4-6,9-10,13-19,21-22H2,1-3H3/b29-20-. The fraction of sp³-hybridized carbons (Fsp3) is 0.750. The number of para-hydroxylation sites is 1. The lowest BCUT2D eigenvalue weighted by Crippen LogP contribution is -2.49. The van der Waals surface area contributed by atoms with Crippen molar-refractivity contribution in [1.82, 2.24) is 4.90 Å². The number of rotatable bonds is 12. The molecule has 3 rings (SSSR count). The van der Waals surface area contributed by atoms with Gasteiger partial charge in [0.2, 0.25) is 0 Å². The van der Waals surface area contributed by atoms with Gasteiger partial charge in [-0.25, -0.2) is 0 Å². The van der Waals surface area contributed by atoms with Crippen molar-refractivity contribution >= 4 is 11.9 Å². The number of hydrogen-bond donors (Lipinski definition) is 1. The minimum Gasteiger partial charge on any atom is -0.393 e. The molecule has 5 heteroatoms. The molecule has 4 unspecified atom stereocenters. The number of oxime groups is 1. The van der Waals surface area contributed by atoms with Crippen molar-refractivity contribution in [2.45, 2.75) is 78.2 Å². The van der Waals surface area contributed by atoms with E-state index in [1.54, 1.807) is 0 Å². The van der Waals surface area contributed by atoms with Gasteiger partial charge in [0.15, 0.2) is 0 Å². The first-order valence-corrected chi connectivity index (χ1v) is 13.5. The van der Waals surface area contributed by atoms with Crippen molar-refractivity contribution in [3.05, 3.63) is 29.8 Å². The first-order chi connectivity index (χ1) is 16.1. The first kappa shape index (κ1) is 26.0. The molecule has 1 aliphatic carbocycles. The molecule has 0 bridgehead atoms. The highest BCUT2D eigenvalue weighted by Crippen LogP contribution is 2.38. The van der Waals surface area contributed by atoms with E-state index in [-0.39, 0.29) is 6.61 Å². The second kappa shape index (κ2) is 14.0. The molecule has 1 aromatic carbocycles. The minimum atomic E-state index is -0.496. The number of nitrogens with zero attached hydrogens (tertiary/aromatic N) is 3. The van der Waals surface area contributed by atoms with Crippen molar-refractivity contribution < 1.29 is 9.94 Å². The van der Waals surface area contributed by atoms with Gasteiger partial charge in [0.05, 0.1) is 0 Å². The van der Waals surface area contributed by atoms with Gasteiger partial charge in [-0.15, -0.1) is 0 Å². The smallest absolute Gasteiger partial charge is 0.144 e. The first-order valence-electron chi connectivity index (χ1n) is 13.5. The second-order valence-corrected chi connectivity index (χ2v) is 10.1. The number of β-amino-alcohol motifs (C(OH)–C–C–N with tert-alkyl or cyclic N) is 1. The fourth-order valence-corrected chi connectivity index (χ4v) is 5.87. The van der Waals surface area contributed by atoms with Crippen LogP contribution in [0.1, 0.15) is 71.3 Å². The molecular formula is C28H47N3O2. The van der Waals surface area contributed by atoms with Crippen LogP contribution in [0.2, 0.25) is 0 Å².